The zero-order valence-corrected chi connectivity index (χ0v) is 9.66. The van der Waals surface area contributed by atoms with Gasteiger partial charge in [0.15, 0.2) is 0 Å². The summed E-state index contributed by atoms with van der Waals surface area (Å²) in [5, 5.41) is 3.89. The number of benzene rings is 1. The lowest BCUT2D eigenvalue weighted by molar-refractivity contribution is 0.0945. The Bertz CT molecular complexity index is 577. The van der Waals surface area contributed by atoms with Crippen molar-refractivity contribution in [1.29, 1.82) is 0 Å². The predicted molar refractivity (Wildman–Crippen MR) is 68.7 cm³/mol. The van der Waals surface area contributed by atoms with E-state index in [1.54, 1.807) is 6.07 Å². The normalized spacial score (nSPS) is 12.0. The summed E-state index contributed by atoms with van der Waals surface area (Å²) in [6.07, 6.45) is 7.89. The molecule has 86 valence electrons. The zero-order valence-electron chi connectivity index (χ0n) is 9.66. The third-order valence-corrected chi connectivity index (χ3v) is 2.73. The number of hydrogen-bond donors (Lipinski definition) is 2. The highest BCUT2D eigenvalue weighted by Gasteiger charge is 2.10. The molecule has 2 aromatic rings. The molecule has 1 amide bonds. The monoisotopic (exact) mass is 226 g/mol. The number of terminal acetylenes is 1. The van der Waals surface area contributed by atoms with Crippen LogP contribution < -0.4 is 5.32 Å². The molecule has 0 spiro atoms. The quantitative estimate of drug-likeness (QED) is 0.775. The molecule has 1 unspecified atom stereocenters. The molecular weight excluding hydrogens is 212 g/mol. The van der Waals surface area contributed by atoms with Crippen LogP contribution in [0.25, 0.3) is 10.9 Å². The third-order valence-electron chi connectivity index (χ3n) is 2.73. The topological polar surface area (TPSA) is 44.9 Å². The van der Waals surface area contributed by atoms with Gasteiger partial charge in [0.05, 0.1) is 6.04 Å². The van der Waals surface area contributed by atoms with Gasteiger partial charge in [-0.2, -0.15) is 0 Å². The number of aromatic nitrogens is 1. The number of rotatable bonds is 3. The van der Waals surface area contributed by atoms with E-state index in [0.29, 0.717) is 5.56 Å². The minimum Gasteiger partial charge on any atom is -0.361 e. The van der Waals surface area contributed by atoms with Crippen molar-refractivity contribution in [3.63, 3.8) is 0 Å². The Labute approximate surface area is 100 Å². The molecule has 0 radical (unpaired) electrons. The highest BCUT2D eigenvalue weighted by molar-refractivity contribution is 5.98. The summed E-state index contributed by atoms with van der Waals surface area (Å²) in [6, 6.07) is 7.30. The van der Waals surface area contributed by atoms with E-state index in [-0.39, 0.29) is 11.9 Å². The van der Waals surface area contributed by atoms with Gasteiger partial charge in [-0.3, -0.25) is 4.79 Å². The van der Waals surface area contributed by atoms with Gasteiger partial charge in [-0.25, -0.2) is 0 Å². The molecule has 0 aliphatic rings. The first-order chi connectivity index (χ1) is 8.24. The van der Waals surface area contributed by atoms with Crippen molar-refractivity contribution < 1.29 is 4.79 Å². The van der Waals surface area contributed by atoms with E-state index in [2.05, 4.69) is 16.2 Å². The van der Waals surface area contributed by atoms with Crippen LogP contribution in [-0.4, -0.2) is 16.9 Å². The van der Waals surface area contributed by atoms with Gasteiger partial charge in [0, 0.05) is 17.3 Å². The van der Waals surface area contributed by atoms with Crippen LogP contribution >= 0.6 is 0 Å². The van der Waals surface area contributed by atoms with Crippen LogP contribution in [0.5, 0.6) is 0 Å². The number of H-pyrrole nitrogens is 1. The standard InChI is InChI=1S/C14H14N2O/c1-3-12(4-2)16-14(17)11-6-5-10-7-8-15-13(10)9-11/h1,5-9,12,15H,4H2,2H3,(H,16,17). The van der Waals surface area contributed by atoms with Crippen molar-refractivity contribution in [2.75, 3.05) is 0 Å². The fraction of sp³-hybridized carbons (Fsp3) is 0.214. The Hall–Kier alpha value is -2.21. The summed E-state index contributed by atoms with van der Waals surface area (Å²) >= 11 is 0. The SMILES string of the molecule is C#CC(CC)NC(=O)c1ccc2cc[nH]c2c1. The highest BCUT2D eigenvalue weighted by atomic mass is 16.1. The van der Waals surface area contributed by atoms with Crippen molar-refractivity contribution in [2.24, 2.45) is 0 Å². The maximum Gasteiger partial charge on any atom is 0.252 e. The van der Waals surface area contributed by atoms with Crippen molar-refractivity contribution >= 4 is 16.8 Å². The highest BCUT2D eigenvalue weighted by Crippen LogP contribution is 2.14. The summed E-state index contributed by atoms with van der Waals surface area (Å²) in [6.45, 7) is 1.94. The third kappa shape index (κ3) is 2.31. The molecule has 2 rings (SSSR count). The second-order valence-corrected chi connectivity index (χ2v) is 3.88. The van der Waals surface area contributed by atoms with Crippen LogP contribution in [0.3, 0.4) is 0 Å². The molecule has 1 aromatic heterocycles. The van der Waals surface area contributed by atoms with Gasteiger partial charge in [0.25, 0.3) is 5.91 Å². The number of aromatic amines is 1. The average Bonchev–Trinajstić information content (AvgIpc) is 2.82. The fourth-order valence-electron chi connectivity index (χ4n) is 1.69. The second-order valence-electron chi connectivity index (χ2n) is 3.88. The number of hydrogen-bond acceptors (Lipinski definition) is 1. The van der Waals surface area contributed by atoms with E-state index in [9.17, 15) is 4.79 Å². The Balaban J connectivity index is 2.21. The van der Waals surface area contributed by atoms with E-state index in [4.69, 9.17) is 6.42 Å². The van der Waals surface area contributed by atoms with E-state index in [1.807, 2.05) is 31.3 Å². The second kappa shape index (κ2) is 4.75. The van der Waals surface area contributed by atoms with Gasteiger partial charge < -0.3 is 10.3 Å². The van der Waals surface area contributed by atoms with E-state index >= 15 is 0 Å². The molecule has 0 saturated heterocycles. The molecule has 0 fully saturated rings. The summed E-state index contributed by atoms with van der Waals surface area (Å²) in [5.74, 6) is 2.41. The molecule has 17 heavy (non-hydrogen) atoms. The van der Waals surface area contributed by atoms with Gasteiger partial charge >= 0.3 is 0 Å². The first kappa shape index (κ1) is 11.3. The molecule has 3 heteroatoms. The Morgan fingerprint density at radius 2 is 2.35 bits per heavy atom. The minimum absolute atomic E-state index is 0.133. The Morgan fingerprint density at radius 1 is 1.53 bits per heavy atom. The van der Waals surface area contributed by atoms with Crippen molar-refractivity contribution in [3.05, 3.63) is 36.0 Å². The number of carbonyl (C=O) groups is 1. The van der Waals surface area contributed by atoms with Gasteiger partial charge in [0.1, 0.15) is 0 Å². The zero-order chi connectivity index (χ0) is 12.3. The van der Waals surface area contributed by atoms with E-state index in [1.165, 1.54) is 0 Å². The molecule has 0 bridgehead atoms. The Kier molecular flexibility index (Phi) is 3.15. The molecule has 1 heterocycles. The van der Waals surface area contributed by atoms with Gasteiger partial charge in [-0.1, -0.05) is 18.9 Å². The molecule has 0 aliphatic carbocycles. The van der Waals surface area contributed by atoms with Crippen molar-refractivity contribution in [3.8, 4) is 12.3 Å². The summed E-state index contributed by atoms with van der Waals surface area (Å²) < 4.78 is 0. The van der Waals surface area contributed by atoms with Gasteiger partial charge in [0.2, 0.25) is 0 Å². The summed E-state index contributed by atoms with van der Waals surface area (Å²) in [7, 11) is 0. The van der Waals surface area contributed by atoms with Gasteiger partial charge in [-0.05, 0) is 30.0 Å². The van der Waals surface area contributed by atoms with E-state index < -0.39 is 0 Å². The van der Waals surface area contributed by atoms with E-state index in [0.717, 1.165) is 17.3 Å². The molecular formula is C14H14N2O. The predicted octanol–water partition coefficient (Wildman–Crippen LogP) is 2.31. The Morgan fingerprint density at radius 3 is 3.06 bits per heavy atom. The molecule has 0 aliphatic heterocycles. The van der Waals surface area contributed by atoms with Crippen LogP contribution in [0.4, 0.5) is 0 Å². The summed E-state index contributed by atoms with van der Waals surface area (Å²) in [5.41, 5.74) is 1.57. The maximum atomic E-state index is 11.9. The van der Waals surface area contributed by atoms with Crippen LogP contribution in [-0.2, 0) is 0 Å². The largest absolute Gasteiger partial charge is 0.361 e. The van der Waals surface area contributed by atoms with Crippen LogP contribution in [0.2, 0.25) is 0 Å². The first-order valence-electron chi connectivity index (χ1n) is 5.58. The van der Waals surface area contributed by atoms with Crippen LogP contribution in [0, 0.1) is 12.3 Å². The van der Waals surface area contributed by atoms with Crippen molar-refractivity contribution in [1.82, 2.24) is 10.3 Å². The number of fused-ring (bicyclic) bond motifs is 1. The molecule has 2 N–H and O–H groups in total. The first-order valence-corrected chi connectivity index (χ1v) is 5.58. The molecule has 3 nitrogen and oxygen atoms in total. The lowest BCUT2D eigenvalue weighted by atomic mass is 10.1. The molecule has 1 atom stereocenters. The lowest BCUT2D eigenvalue weighted by Crippen LogP contribution is -2.33. The average molecular weight is 226 g/mol. The maximum absolute atomic E-state index is 11.9. The number of amides is 1. The lowest BCUT2D eigenvalue weighted by Gasteiger charge is -2.10. The minimum atomic E-state index is -0.207. The van der Waals surface area contributed by atoms with Crippen molar-refractivity contribution in [2.45, 2.75) is 19.4 Å². The molecule has 1 aromatic carbocycles. The van der Waals surface area contributed by atoms with Gasteiger partial charge in [-0.15, -0.1) is 6.42 Å². The fourth-order valence-corrected chi connectivity index (χ4v) is 1.69. The molecule has 0 saturated carbocycles. The smallest absolute Gasteiger partial charge is 0.252 e. The summed E-state index contributed by atoms with van der Waals surface area (Å²) in [4.78, 5) is 15.0. The number of nitrogens with one attached hydrogen (secondary N) is 2. The van der Waals surface area contributed by atoms with Crippen LogP contribution in [0.15, 0.2) is 30.5 Å². The number of carbonyl (C=O) groups excluding carboxylic acids is 1. The van der Waals surface area contributed by atoms with Crippen LogP contribution in [0.1, 0.15) is 23.7 Å².